The molecule has 0 saturated heterocycles. The van der Waals surface area contributed by atoms with Crippen LogP contribution in [0.25, 0.3) is 0 Å². The van der Waals surface area contributed by atoms with E-state index in [0.717, 1.165) is 38.5 Å². The third kappa shape index (κ3) is 34.2. The lowest BCUT2D eigenvalue weighted by molar-refractivity contribution is -0.122. The van der Waals surface area contributed by atoms with E-state index in [4.69, 9.17) is 0 Å². The fourth-order valence-electron chi connectivity index (χ4n) is 6.04. The predicted molar refractivity (Wildman–Crippen MR) is 193 cm³/mol. The maximum absolute atomic E-state index is 12.4. The largest absolute Gasteiger partial charge is 0.387 e. The molecule has 0 aliphatic heterocycles. The summed E-state index contributed by atoms with van der Waals surface area (Å²) in [6.45, 7) is 4.51. The molecule has 0 aromatic heterocycles. The molecule has 1 amide bonds. The van der Waals surface area contributed by atoms with Gasteiger partial charge in [0.1, 0.15) is 0 Å². The van der Waals surface area contributed by atoms with Gasteiger partial charge in [0.25, 0.3) is 10.1 Å². The molecule has 0 aliphatic rings. The summed E-state index contributed by atoms with van der Waals surface area (Å²) in [5, 5.41) is 13.2. The Morgan fingerprint density at radius 1 is 0.578 bits per heavy atom. The second kappa shape index (κ2) is 33.0. The van der Waals surface area contributed by atoms with Crippen molar-refractivity contribution in [2.75, 3.05) is 5.75 Å². The average molecular weight is 658 g/mol. The minimum atomic E-state index is -4.33. The molecule has 0 spiro atoms. The van der Waals surface area contributed by atoms with Crippen LogP contribution in [0.5, 0.6) is 0 Å². The fourth-order valence-corrected chi connectivity index (χ4v) is 6.77. The van der Waals surface area contributed by atoms with Crippen molar-refractivity contribution >= 4 is 16.0 Å². The molecule has 0 rings (SSSR count). The summed E-state index contributed by atoms with van der Waals surface area (Å²) in [5.41, 5.74) is 0. The van der Waals surface area contributed by atoms with E-state index in [-0.39, 0.29) is 5.91 Å². The molecule has 2 atom stereocenters. The number of rotatable bonds is 35. The van der Waals surface area contributed by atoms with Crippen molar-refractivity contribution in [2.24, 2.45) is 0 Å². The first-order valence-electron chi connectivity index (χ1n) is 19.4. The summed E-state index contributed by atoms with van der Waals surface area (Å²) >= 11 is 0. The topological polar surface area (TPSA) is 104 Å². The van der Waals surface area contributed by atoms with Gasteiger partial charge in [0.05, 0.1) is 17.9 Å². The average Bonchev–Trinajstić information content (AvgIpc) is 3.00. The predicted octanol–water partition coefficient (Wildman–Crippen LogP) is 11.0. The van der Waals surface area contributed by atoms with E-state index in [1.807, 2.05) is 6.08 Å². The van der Waals surface area contributed by atoms with E-state index in [9.17, 15) is 22.9 Å². The Morgan fingerprint density at radius 2 is 0.911 bits per heavy atom. The Morgan fingerprint density at radius 3 is 1.27 bits per heavy atom. The lowest BCUT2D eigenvalue weighted by Crippen LogP contribution is -2.46. The Bertz CT molecular complexity index is 770. The molecule has 0 aliphatic carbocycles. The zero-order valence-electron chi connectivity index (χ0n) is 29.8. The second-order valence-corrected chi connectivity index (χ2v) is 15.1. The van der Waals surface area contributed by atoms with Crippen molar-refractivity contribution in [3.05, 3.63) is 12.2 Å². The molecular formula is C38H75NO5S. The molecular weight excluding hydrogens is 582 g/mol. The Labute approximate surface area is 280 Å². The third-order valence-corrected chi connectivity index (χ3v) is 9.74. The van der Waals surface area contributed by atoms with Gasteiger partial charge < -0.3 is 10.4 Å². The zero-order valence-corrected chi connectivity index (χ0v) is 30.6. The molecule has 0 fully saturated rings. The van der Waals surface area contributed by atoms with Crippen LogP contribution in [0.1, 0.15) is 206 Å². The number of amides is 1. The summed E-state index contributed by atoms with van der Waals surface area (Å²) in [5.74, 6) is -0.970. The van der Waals surface area contributed by atoms with Gasteiger partial charge in [0.15, 0.2) is 0 Å². The van der Waals surface area contributed by atoms with Gasteiger partial charge >= 0.3 is 0 Å². The summed E-state index contributed by atoms with van der Waals surface area (Å²) in [6, 6.07) is -1.05. The van der Waals surface area contributed by atoms with Crippen LogP contribution in [0, 0.1) is 0 Å². The molecule has 0 aromatic rings. The maximum Gasteiger partial charge on any atom is 0.267 e. The summed E-state index contributed by atoms with van der Waals surface area (Å²) < 4.78 is 32.4. The molecule has 268 valence electrons. The highest BCUT2D eigenvalue weighted by atomic mass is 32.2. The van der Waals surface area contributed by atoms with Crippen molar-refractivity contribution in [3.8, 4) is 0 Å². The highest BCUT2D eigenvalue weighted by Crippen LogP contribution is 2.15. The first-order valence-corrected chi connectivity index (χ1v) is 21.0. The van der Waals surface area contributed by atoms with Crippen molar-refractivity contribution in [1.29, 1.82) is 0 Å². The van der Waals surface area contributed by atoms with Crippen LogP contribution in [0.4, 0.5) is 0 Å². The third-order valence-electron chi connectivity index (χ3n) is 8.96. The van der Waals surface area contributed by atoms with Crippen molar-refractivity contribution in [2.45, 2.75) is 219 Å². The van der Waals surface area contributed by atoms with Crippen LogP contribution in [0.3, 0.4) is 0 Å². The van der Waals surface area contributed by atoms with E-state index in [0.29, 0.717) is 6.42 Å². The van der Waals surface area contributed by atoms with Gasteiger partial charge in [-0.25, -0.2) is 0 Å². The number of aliphatic hydroxyl groups excluding tert-OH is 1. The molecule has 7 heteroatoms. The normalized spacial score (nSPS) is 13.4. The molecule has 0 heterocycles. The van der Waals surface area contributed by atoms with Gasteiger partial charge in [-0.05, 0) is 19.3 Å². The van der Waals surface area contributed by atoms with E-state index < -0.39 is 28.0 Å². The summed E-state index contributed by atoms with van der Waals surface area (Å²) in [4.78, 5) is 12.4. The summed E-state index contributed by atoms with van der Waals surface area (Å²) in [6.07, 6.45) is 39.1. The smallest absolute Gasteiger partial charge is 0.267 e. The van der Waals surface area contributed by atoms with E-state index in [1.54, 1.807) is 6.08 Å². The Hall–Kier alpha value is -0.920. The molecule has 6 nitrogen and oxygen atoms in total. The number of hydrogen-bond acceptors (Lipinski definition) is 4. The molecule has 0 radical (unpaired) electrons. The van der Waals surface area contributed by atoms with E-state index in [1.165, 1.54) is 148 Å². The first-order chi connectivity index (χ1) is 21.8. The minimum Gasteiger partial charge on any atom is -0.387 e. The SMILES string of the molecule is CCCCCCCCCCCCCCCCCC/C=C/C(O)C(CS(=O)(=O)O)NC(=O)CCCCCCCCCCCCCC. The summed E-state index contributed by atoms with van der Waals surface area (Å²) in [7, 11) is -4.33. The van der Waals surface area contributed by atoms with Crippen LogP contribution in [0.15, 0.2) is 12.2 Å². The molecule has 0 saturated carbocycles. The number of hydrogen-bond donors (Lipinski definition) is 3. The second-order valence-electron chi connectivity index (χ2n) is 13.6. The number of carbonyl (C=O) groups is 1. The van der Waals surface area contributed by atoms with Gasteiger partial charge in [0, 0.05) is 6.42 Å². The zero-order chi connectivity index (χ0) is 33.3. The molecule has 45 heavy (non-hydrogen) atoms. The molecule has 2 unspecified atom stereocenters. The monoisotopic (exact) mass is 658 g/mol. The number of nitrogens with one attached hydrogen (secondary N) is 1. The van der Waals surface area contributed by atoms with Crippen molar-refractivity contribution < 1.29 is 22.9 Å². The number of aliphatic hydroxyl groups is 1. The lowest BCUT2D eigenvalue weighted by Gasteiger charge is -2.21. The van der Waals surface area contributed by atoms with E-state index in [2.05, 4.69) is 19.2 Å². The maximum atomic E-state index is 12.4. The quantitative estimate of drug-likeness (QED) is 0.0357. The van der Waals surface area contributed by atoms with Gasteiger partial charge in [-0.1, -0.05) is 193 Å². The van der Waals surface area contributed by atoms with Crippen molar-refractivity contribution in [1.82, 2.24) is 5.32 Å². The highest BCUT2D eigenvalue weighted by molar-refractivity contribution is 7.85. The van der Waals surface area contributed by atoms with Crippen LogP contribution in [-0.2, 0) is 14.9 Å². The number of carbonyl (C=O) groups excluding carboxylic acids is 1. The Balaban J connectivity index is 3.91. The van der Waals surface area contributed by atoms with Crippen LogP contribution < -0.4 is 5.32 Å². The minimum absolute atomic E-state index is 0.277. The van der Waals surface area contributed by atoms with Crippen LogP contribution >= 0.6 is 0 Å². The van der Waals surface area contributed by atoms with Crippen LogP contribution in [-0.4, -0.2) is 41.9 Å². The molecule has 0 bridgehead atoms. The van der Waals surface area contributed by atoms with Gasteiger partial charge in [-0.2, -0.15) is 8.42 Å². The molecule has 3 N–H and O–H groups in total. The Kier molecular flexibility index (Phi) is 32.3. The number of allylic oxidation sites excluding steroid dienone is 1. The fraction of sp³-hybridized carbons (Fsp3) is 0.921. The van der Waals surface area contributed by atoms with Crippen molar-refractivity contribution in [3.63, 3.8) is 0 Å². The van der Waals surface area contributed by atoms with Gasteiger partial charge in [0.2, 0.25) is 5.91 Å². The lowest BCUT2D eigenvalue weighted by atomic mass is 10.0. The highest BCUT2D eigenvalue weighted by Gasteiger charge is 2.24. The van der Waals surface area contributed by atoms with Gasteiger partial charge in [-0.3, -0.25) is 9.35 Å². The molecule has 0 aromatic carbocycles. The number of unbranched alkanes of at least 4 members (excludes halogenated alkanes) is 27. The standard InChI is InChI=1S/C38H75NO5S/c1-3-5-7-9-11-13-15-17-18-19-20-21-22-23-25-27-29-31-33-37(40)36(35-45(42,43)44)39-38(41)34-32-30-28-26-24-16-14-12-10-8-6-4-2/h31,33,36-37,40H,3-30,32,34-35H2,1-2H3,(H,39,41)(H,42,43,44)/b33-31+. The van der Waals surface area contributed by atoms with Gasteiger partial charge in [-0.15, -0.1) is 0 Å². The van der Waals surface area contributed by atoms with E-state index >= 15 is 0 Å². The first kappa shape index (κ1) is 44.1. The van der Waals surface area contributed by atoms with Crippen LogP contribution in [0.2, 0.25) is 0 Å².